The zero-order valence-corrected chi connectivity index (χ0v) is 16.3. The molecule has 1 fully saturated rings. The van der Waals surface area contributed by atoms with Crippen molar-refractivity contribution in [3.63, 3.8) is 0 Å². The second kappa shape index (κ2) is 8.45. The van der Waals surface area contributed by atoms with Gasteiger partial charge in [0.1, 0.15) is 0 Å². The largest absolute Gasteiger partial charge is 0.461 e. The molecule has 0 atom stereocenters. The Kier molecular flexibility index (Phi) is 6.02. The Morgan fingerprint density at radius 1 is 1.22 bits per heavy atom. The molecule has 3 heterocycles. The molecule has 0 spiro atoms. The van der Waals surface area contributed by atoms with E-state index in [-0.39, 0.29) is 12.4 Å². The van der Waals surface area contributed by atoms with E-state index in [0.717, 1.165) is 12.3 Å². The van der Waals surface area contributed by atoms with Crippen molar-refractivity contribution in [1.82, 2.24) is 19.5 Å². The van der Waals surface area contributed by atoms with Gasteiger partial charge in [-0.1, -0.05) is 38.0 Å². The second-order valence-electron chi connectivity index (χ2n) is 6.92. The van der Waals surface area contributed by atoms with Gasteiger partial charge in [0.2, 0.25) is 5.82 Å². The molecule has 1 saturated carbocycles. The van der Waals surface area contributed by atoms with Crippen LogP contribution in [0.3, 0.4) is 0 Å². The average Bonchev–Trinajstić information content (AvgIpc) is 3.29. The van der Waals surface area contributed by atoms with Crippen LogP contribution in [0.5, 0.6) is 0 Å². The van der Waals surface area contributed by atoms with Gasteiger partial charge in [0.05, 0.1) is 6.26 Å². The molecule has 27 heavy (non-hydrogen) atoms. The summed E-state index contributed by atoms with van der Waals surface area (Å²) in [4.78, 5) is 13.4. The van der Waals surface area contributed by atoms with Crippen LogP contribution in [0.15, 0.2) is 22.8 Å². The van der Waals surface area contributed by atoms with Crippen molar-refractivity contribution in [2.24, 2.45) is 13.0 Å². The maximum absolute atomic E-state index is 6.09. The van der Waals surface area contributed by atoms with Gasteiger partial charge in [-0.25, -0.2) is 15.0 Å². The van der Waals surface area contributed by atoms with Crippen LogP contribution in [0.1, 0.15) is 50.8 Å². The van der Waals surface area contributed by atoms with Crippen LogP contribution in [-0.2, 0) is 7.05 Å². The van der Waals surface area contributed by atoms with E-state index in [9.17, 15) is 0 Å². The highest BCUT2D eigenvalue weighted by Gasteiger charge is 2.16. The lowest BCUT2D eigenvalue weighted by Crippen LogP contribution is -2.05. The summed E-state index contributed by atoms with van der Waals surface area (Å²) in [5.74, 6) is 9.26. The van der Waals surface area contributed by atoms with Crippen LogP contribution in [0.25, 0.3) is 22.7 Å². The summed E-state index contributed by atoms with van der Waals surface area (Å²) in [5.41, 5.74) is 7.33. The van der Waals surface area contributed by atoms with E-state index in [2.05, 4.69) is 26.8 Å². The van der Waals surface area contributed by atoms with Crippen LogP contribution >= 0.6 is 12.4 Å². The molecule has 0 unspecified atom stereocenters. The van der Waals surface area contributed by atoms with Gasteiger partial charge in [0.15, 0.2) is 28.6 Å². The summed E-state index contributed by atoms with van der Waals surface area (Å²) in [5, 5.41) is 0. The summed E-state index contributed by atoms with van der Waals surface area (Å²) in [6, 6.07) is 3.68. The number of hydrogen-bond donors (Lipinski definition) is 1. The molecule has 1 aliphatic carbocycles. The fourth-order valence-electron chi connectivity index (χ4n) is 3.66. The van der Waals surface area contributed by atoms with Crippen molar-refractivity contribution >= 4 is 29.4 Å². The number of aromatic nitrogens is 4. The van der Waals surface area contributed by atoms with Crippen LogP contribution in [0.4, 0.5) is 5.82 Å². The molecule has 7 heteroatoms. The zero-order chi connectivity index (χ0) is 17.9. The van der Waals surface area contributed by atoms with E-state index in [1.165, 1.54) is 38.5 Å². The second-order valence-corrected chi connectivity index (χ2v) is 6.92. The predicted octanol–water partition coefficient (Wildman–Crippen LogP) is 4.34. The lowest BCUT2D eigenvalue weighted by atomic mass is 9.86. The van der Waals surface area contributed by atoms with Crippen molar-refractivity contribution in [2.45, 2.75) is 44.9 Å². The molecule has 6 nitrogen and oxygen atoms in total. The first-order chi connectivity index (χ1) is 12.7. The van der Waals surface area contributed by atoms with E-state index >= 15 is 0 Å². The van der Waals surface area contributed by atoms with Crippen LogP contribution in [0, 0.1) is 17.8 Å². The smallest absolute Gasteiger partial charge is 0.208 e. The van der Waals surface area contributed by atoms with Gasteiger partial charge in [-0.2, -0.15) is 0 Å². The van der Waals surface area contributed by atoms with E-state index in [1.807, 2.05) is 23.7 Å². The van der Waals surface area contributed by atoms with E-state index in [0.29, 0.717) is 34.4 Å². The number of hydrogen-bond acceptors (Lipinski definition) is 5. The van der Waals surface area contributed by atoms with Gasteiger partial charge >= 0.3 is 0 Å². The monoisotopic (exact) mass is 385 g/mol. The number of halogens is 1. The summed E-state index contributed by atoms with van der Waals surface area (Å²) >= 11 is 0. The van der Waals surface area contributed by atoms with Crippen molar-refractivity contribution in [3.05, 3.63) is 24.2 Å². The van der Waals surface area contributed by atoms with Gasteiger partial charge in [0, 0.05) is 13.5 Å². The number of imidazole rings is 1. The average molecular weight is 386 g/mol. The minimum Gasteiger partial charge on any atom is -0.461 e. The topological polar surface area (TPSA) is 82.8 Å². The van der Waals surface area contributed by atoms with Gasteiger partial charge in [-0.05, 0) is 30.4 Å². The number of furan rings is 1. The Balaban J connectivity index is 0.00000210. The standard InChI is InChI=1S/C20H23N5O.ClH/c1-25-19(15-11-7-13-26-15)24-17-18(21)22-16(23-20(17)25)12-6-5-10-14-8-3-2-4-9-14;/h7,11,13-14H,2-5,8-10H2,1H3,(H2,21,22,23);1H. The SMILES string of the molecule is Cl.Cn1c(-c2ccco2)nc2c(N)nc(C#CCCC3CCCCC3)nc21. The number of rotatable bonds is 3. The zero-order valence-electron chi connectivity index (χ0n) is 15.4. The Morgan fingerprint density at radius 2 is 2.04 bits per heavy atom. The van der Waals surface area contributed by atoms with Crippen LogP contribution in [-0.4, -0.2) is 19.5 Å². The number of aryl methyl sites for hydroxylation is 1. The molecule has 0 radical (unpaired) electrons. The van der Waals surface area contributed by atoms with Gasteiger partial charge in [-0.3, -0.25) is 0 Å². The molecule has 1 aliphatic rings. The Hall–Kier alpha value is -2.52. The highest BCUT2D eigenvalue weighted by Crippen LogP contribution is 2.27. The van der Waals surface area contributed by atoms with E-state index in [1.54, 1.807) is 6.26 Å². The molecule has 0 aromatic carbocycles. The van der Waals surface area contributed by atoms with Gasteiger partial charge in [-0.15, -0.1) is 12.4 Å². The highest BCUT2D eigenvalue weighted by atomic mass is 35.5. The predicted molar refractivity (Wildman–Crippen MR) is 108 cm³/mol. The van der Waals surface area contributed by atoms with Crippen LogP contribution < -0.4 is 5.73 Å². The fourth-order valence-corrected chi connectivity index (χ4v) is 3.66. The first-order valence-corrected chi connectivity index (χ1v) is 9.25. The lowest BCUT2D eigenvalue weighted by Gasteiger charge is -2.20. The van der Waals surface area contributed by atoms with Gasteiger partial charge in [0.25, 0.3) is 0 Å². The Morgan fingerprint density at radius 3 is 2.78 bits per heavy atom. The molecule has 0 amide bonds. The number of nitrogens with two attached hydrogens (primary N) is 1. The highest BCUT2D eigenvalue weighted by molar-refractivity contribution is 5.85. The maximum atomic E-state index is 6.09. The van der Waals surface area contributed by atoms with E-state index in [4.69, 9.17) is 10.2 Å². The molecule has 3 aromatic rings. The molecule has 0 saturated heterocycles. The van der Waals surface area contributed by atoms with Crippen molar-refractivity contribution in [3.8, 4) is 23.4 Å². The Labute approximate surface area is 165 Å². The van der Waals surface area contributed by atoms with Crippen molar-refractivity contribution < 1.29 is 4.42 Å². The molecule has 4 rings (SSSR count). The molecule has 3 aromatic heterocycles. The van der Waals surface area contributed by atoms with E-state index < -0.39 is 0 Å². The normalized spacial score (nSPS) is 14.6. The lowest BCUT2D eigenvalue weighted by molar-refractivity contribution is 0.342. The molecular formula is C20H24ClN5O. The molecule has 142 valence electrons. The third-order valence-corrected chi connectivity index (χ3v) is 5.09. The maximum Gasteiger partial charge on any atom is 0.208 e. The number of fused-ring (bicyclic) bond motifs is 1. The van der Waals surface area contributed by atoms with Gasteiger partial charge < -0.3 is 14.7 Å². The first-order valence-electron chi connectivity index (χ1n) is 9.25. The minimum atomic E-state index is 0. The summed E-state index contributed by atoms with van der Waals surface area (Å²) in [6.45, 7) is 0. The number of nitrogen functional groups attached to an aromatic ring is 1. The summed E-state index contributed by atoms with van der Waals surface area (Å²) in [6.07, 6.45) is 10.5. The van der Waals surface area contributed by atoms with Crippen molar-refractivity contribution in [2.75, 3.05) is 5.73 Å². The molecule has 2 N–H and O–H groups in total. The summed E-state index contributed by atoms with van der Waals surface area (Å²) in [7, 11) is 1.89. The number of anilines is 1. The fraction of sp³-hybridized carbons (Fsp3) is 0.450. The number of nitrogens with zero attached hydrogens (tertiary/aromatic N) is 4. The quantitative estimate of drug-likeness (QED) is 0.678. The van der Waals surface area contributed by atoms with Crippen LogP contribution in [0.2, 0.25) is 0 Å². The Bertz CT molecular complexity index is 962. The van der Waals surface area contributed by atoms with Crippen molar-refractivity contribution in [1.29, 1.82) is 0 Å². The third kappa shape index (κ3) is 4.09. The minimum absolute atomic E-state index is 0. The third-order valence-electron chi connectivity index (χ3n) is 5.09. The first kappa shape index (κ1) is 19.2. The molecule has 0 bridgehead atoms. The summed E-state index contributed by atoms with van der Waals surface area (Å²) < 4.78 is 7.30. The molecule has 0 aliphatic heterocycles. The molecular weight excluding hydrogens is 362 g/mol.